The Kier molecular flexibility index (Phi) is 7.41. The fourth-order valence-corrected chi connectivity index (χ4v) is 3.92. The first-order valence-electron chi connectivity index (χ1n) is 6.11. The van der Waals surface area contributed by atoms with E-state index in [1.54, 1.807) is 13.8 Å². The molecular weight excluding hydrogens is 306 g/mol. The summed E-state index contributed by atoms with van der Waals surface area (Å²) >= 11 is 11.4. The van der Waals surface area contributed by atoms with Crippen molar-refractivity contribution in [1.82, 2.24) is 0 Å². The van der Waals surface area contributed by atoms with Gasteiger partial charge in [0.15, 0.2) is 0 Å². The highest BCUT2D eigenvalue weighted by Gasteiger charge is 2.29. The molecule has 0 fully saturated rings. The van der Waals surface area contributed by atoms with Gasteiger partial charge in [-0.2, -0.15) is 0 Å². The SMILES string of the molecule is C[C@H](CCl)OP(=O)(Cc1ccccc1)O[C@H](C)CCl. The molecule has 0 aliphatic heterocycles. The summed E-state index contributed by atoms with van der Waals surface area (Å²) in [5.41, 5.74) is 0.898. The lowest BCUT2D eigenvalue weighted by Crippen LogP contribution is -2.15. The Morgan fingerprint density at radius 2 is 1.53 bits per heavy atom. The number of hydrogen-bond acceptors (Lipinski definition) is 3. The monoisotopic (exact) mass is 324 g/mol. The molecule has 0 saturated heterocycles. The predicted molar refractivity (Wildman–Crippen MR) is 80.3 cm³/mol. The van der Waals surface area contributed by atoms with E-state index in [9.17, 15) is 4.57 Å². The van der Waals surface area contributed by atoms with Crippen LogP contribution in [0.5, 0.6) is 0 Å². The van der Waals surface area contributed by atoms with Gasteiger partial charge in [0.1, 0.15) is 0 Å². The normalized spacial score (nSPS) is 15.2. The van der Waals surface area contributed by atoms with Gasteiger partial charge in [0, 0.05) is 11.8 Å². The first-order valence-corrected chi connectivity index (χ1v) is 8.90. The molecule has 6 heteroatoms. The zero-order valence-electron chi connectivity index (χ0n) is 11.1. The van der Waals surface area contributed by atoms with Gasteiger partial charge in [-0.3, -0.25) is 4.57 Å². The molecule has 0 bridgehead atoms. The highest BCUT2D eigenvalue weighted by Crippen LogP contribution is 2.53. The van der Waals surface area contributed by atoms with Gasteiger partial charge < -0.3 is 9.05 Å². The van der Waals surface area contributed by atoms with Crippen LogP contribution in [0, 0.1) is 0 Å². The summed E-state index contributed by atoms with van der Waals surface area (Å²) in [5, 5.41) is 0. The maximum atomic E-state index is 12.8. The second kappa shape index (κ2) is 8.28. The van der Waals surface area contributed by atoms with Crippen molar-refractivity contribution < 1.29 is 13.6 Å². The maximum Gasteiger partial charge on any atom is 0.335 e. The Morgan fingerprint density at radius 1 is 1.05 bits per heavy atom. The molecule has 0 saturated carbocycles. The van der Waals surface area contributed by atoms with E-state index in [4.69, 9.17) is 32.2 Å². The summed E-state index contributed by atoms with van der Waals surface area (Å²) in [6.45, 7) is 3.53. The van der Waals surface area contributed by atoms with Crippen LogP contribution in [0.1, 0.15) is 19.4 Å². The van der Waals surface area contributed by atoms with Crippen LogP contribution in [0.25, 0.3) is 0 Å². The minimum atomic E-state index is -3.26. The lowest BCUT2D eigenvalue weighted by molar-refractivity contribution is 0.144. The zero-order valence-corrected chi connectivity index (χ0v) is 13.5. The van der Waals surface area contributed by atoms with Crippen LogP contribution < -0.4 is 0 Å². The van der Waals surface area contributed by atoms with Gasteiger partial charge in [-0.15, -0.1) is 23.2 Å². The lowest BCUT2D eigenvalue weighted by Gasteiger charge is -2.24. The third kappa shape index (κ3) is 6.29. The number of alkyl halides is 2. The van der Waals surface area contributed by atoms with Gasteiger partial charge in [0.05, 0.1) is 18.4 Å². The summed E-state index contributed by atoms with van der Waals surface area (Å²) in [4.78, 5) is 0. The van der Waals surface area contributed by atoms with Crippen molar-refractivity contribution in [3.8, 4) is 0 Å². The molecule has 0 radical (unpaired) electrons. The summed E-state index contributed by atoms with van der Waals surface area (Å²) < 4.78 is 23.8. The van der Waals surface area contributed by atoms with E-state index in [2.05, 4.69) is 0 Å². The van der Waals surface area contributed by atoms with Gasteiger partial charge in [0.25, 0.3) is 0 Å². The second-order valence-corrected chi connectivity index (χ2v) is 6.97. The Bertz CT molecular complexity index is 398. The fraction of sp³-hybridized carbons (Fsp3) is 0.538. The molecule has 108 valence electrons. The highest BCUT2D eigenvalue weighted by molar-refractivity contribution is 7.53. The van der Waals surface area contributed by atoms with Crippen molar-refractivity contribution >= 4 is 30.8 Å². The van der Waals surface area contributed by atoms with Crippen LogP contribution in [0.3, 0.4) is 0 Å². The molecule has 0 aliphatic carbocycles. The molecule has 0 amide bonds. The molecule has 0 N–H and O–H groups in total. The average Bonchev–Trinajstić information content (AvgIpc) is 2.39. The van der Waals surface area contributed by atoms with Gasteiger partial charge in [-0.25, -0.2) is 0 Å². The molecule has 0 aliphatic rings. The Morgan fingerprint density at radius 3 is 1.95 bits per heavy atom. The van der Waals surface area contributed by atoms with E-state index in [0.717, 1.165) is 5.56 Å². The van der Waals surface area contributed by atoms with Crippen molar-refractivity contribution in [3.05, 3.63) is 35.9 Å². The number of hydrogen-bond donors (Lipinski definition) is 0. The van der Waals surface area contributed by atoms with Gasteiger partial charge in [-0.1, -0.05) is 30.3 Å². The summed E-state index contributed by atoms with van der Waals surface area (Å²) in [7, 11) is -3.26. The number of rotatable bonds is 8. The minimum Gasteiger partial charge on any atom is -0.304 e. The van der Waals surface area contributed by atoms with Crippen molar-refractivity contribution in [2.45, 2.75) is 32.2 Å². The molecule has 1 rings (SSSR count). The Hall–Kier alpha value is -0.0500. The summed E-state index contributed by atoms with van der Waals surface area (Å²) in [5.74, 6) is 0.523. The van der Waals surface area contributed by atoms with Crippen molar-refractivity contribution in [2.24, 2.45) is 0 Å². The Balaban J connectivity index is 2.82. The van der Waals surface area contributed by atoms with Crippen LogP contribution in [-0.2, 0) is 19.8 Å². The lowest BCUT2D eigenvalue weighted by atomic mass is 10.2. The molecule has 0 spiro atoms. The number of halogens is 2. The van der Waals surface area contributed by atoms with Gasteiger partial charge >= 0.3 is 7.60 Å². The van der Waals surface area contributed by atoms with E-state index < -0.39 is 7.60 Å². The zero-order chi connectivity index (χ0) is 14.3. The van der Waals surface area contributed by atoms with E-state index in [0.29, 0.717) is 0 Å². The van der Waals surface area contributed by atoms with Crippen LogP contribution in [-0.4, -0.2) is 24.0 Å². The maximum absolute atomic E-state index is 12.8. The molecule has 19 heavy (non-hydrogen) atoms. The molecule has 2 atom stereocenters. The minimum absolute atomic E-state index is 0.219. The topological polar surface area (TPSA) is 35.5 Å². The van der Waals surface area contributed by atoms with Crippen LogP contribution >= 0.6 is 30.8 Å². The fourth-order valence-electron chi connectivity index (χ4n) is 1.51. The van der Waals surface area contributed by atoms with Crippen molar-refractivity contribution in [2.75, 3.05) is 11.8 Å². The second-order valence-electron chi connectivity index (χ2n) is 4.40. The predicted octanol–water partition coefficient (Wildman–Crippen LogP) is 4.67. The van der Waals surface area contributed by atoms with Gasteiger partial charge in [0.2, 0.25) is 0 Å². The average molecular weight is 325 g/mol. The smallest absolute Gasteiger partial charge is 0.304 e. The molecule has 0 unspecified atom stereocenters. The number of benzene rings is 1. The van der Waals surface area contributed by atoms with Crippen LogP contribution in [0.4, 0.5) is 0 Å². The van der Waals surface area contributed by atoms with E-state index in [-0.39, 0.29) is 30.1 Å². The van der Waals surface area contributed by atoms with Crippen LogP contribution in [0.15, 0.2) is 30.3 Å². The summed E-state index contributed by atoms with van der Waals surface area (Å²) in [6.07, 6.45) is -0.450. The van der Waals surface area contributed by atoms with Crippen molar-refractivity contribution in [1.29, 1.82) is 0 Å². The summed E-state index contributed by atoms with van der Waals surface area (Å²) in [6, 6.07) is 9.44. The highest BCUT2D eigenvalue weighted by atomic mass is 35.5. The standard InChI is InChI=1S/C13H19Cl2O3P/c1-11(8-14)17-19(16,18-12(2)9-15)10-13-6-4-3-5-7-13/h3-7,11-12H,8-10H2,1-2H3/t11-,12-/m1/s1. The molecule has 1 aromatic carbocycles. The van der Waals surface area contributed by atoms with Gasteiger partial charge in [-0.05, 0) is 19.4 Å². The first kappa shape index (κ1) is 17.0. The quantitative estimate of drug-likeness (QED) is 0.515. The molecule has 1 aromatic rings. The van der Waals surface area contributed by atoms with E-state index in [1.165, 1.54) is 0 Å². The third-order valence-electron chi connectivity index (χ3n) is 2.33. The van der Waals surface area contributed by atoms with Crippen molar-refractivity contribution in [3.63, 3.8) is 0 Å². The molecular formula is C13H19Cl2O3P. The van der Waals surface area contributed by atoms with E-state index >= 15 is 0 Å². The first-order chi connectivity index (χ1) is 8.99. The van der Waals surface area contributed by atoms with Crippen LogP contribution in [0.2, 0.25) is 0 Å². The Labute approximate surface area is 124 Å². The third-order valence-corrected chi connectivity index (χ3v) is 5.32. The molecule has 3 nitrogen and oxygen atoms in total. The van der Waals surface area contributed by atoms with E-state index in [1.807, 2.05) is 30.3 Å². The molecule has 0 aromatic heterocycles. The molecule has 0 heterocycles. The largest absolute Gasteiger partial charge is 0.335 e.